The summed E-state index contributed by atoms with van der Waals surface area (Å²) >= 11 is 0. The predicted octanol–water partition coefficient (Wildman–Crippen LogP) is 1.67. The first kappa shape index (κ1) is 18.4. The van der Waals surface area contributed by atoms with Crippen LogP contribution in [-0.2, 0) is 21.2 Å². The van der Waals surface area contributed by atoms with Gasteiger partial charge in [0.25, 0.3) is 5.91 Å². The third kappa shape index (κ3) is 3.09. The Bertz CT molecular complexity index is 1100. The first-order valence-corrected chi connectivity index (χ1v) is 10.1. The summed E-state index contributed by atoms with van der Waals surface area (Å²) < 4.78 is 29.3. The number of hydroxylamine groups is 1. The highest BCUT2D eigenvalue weighted by Crippen LogP contribution is 2.34. The van der Waals surface area contributed by atoms with Crippen molar-refractivity contribution in [3.63, 3.8) is 0 Å². The molecule has 4 rings (SSSR count). The number of sulfonamides is 1. The summed E-state index contributed by atoms with van der Waals surface area (Å²) in [5.41, 5.74) is 3.77. The number of fused-ring (bicyclic) bond motifs is 1. The van der Waals surface area contributed by atoms with Gasteiger partial charge in [0.2, 0.25) is 10.0 Å². The lowest BCUT2D eigenvalue weighted by Gasteiger charge is -2.34. The number of hydrogen-bond donors (Lipinski definition) is 2. The van der Waals surface area contributed by atoms with E-state index < -0.39 is 22.0 Å². The third-order valence-electron chi connectivity index (χ3n) is 4.81. The predicted molar refractivity (Wildman–Crippen MR) is 100 cm³/mol. The minimum Gasteiger partial charge on any atom is -0.289 e. The Hall–Kier alpha value is -3.01. The molecule has 2 N–H and O–H groups in total. The number of aromatic nitrogens is 2. The highest BCUT2D eigenvalue weighted by atomic mass is 32.2. The maximum atomic E-state index is 13.3. The van der Waals surface area contributed by atoms with E-state index >= 15 is 0 Å². The molecule has 0 saturated carbocycles. The van der Waals surface area contributed by atoms with Gasteiger partial charge in [-0.3, -0.25) is 10.0 Å². The highest BCUT2D eigenvalue weighted by molar-refractivity contribution is 7.89. The van der Waals surface area contributed by atoms with Gasteiger partial charge in [0.1, 0.15) is 6.04 Å². The van der Waals surface area contributed by atoms with Crippen molar-refractivity contribution in [3.8, 4) is 5.69 Å². The molecule has 0 spiro atoms. The monoisotopic (exact) mass is 398 g/mol. The lowest BCUT2D eigenvalue weighted by molar-refractivity contribution is -0.133. The molecule has 0 radical (unpaired) electrons. The number of rotatable bonds is 4. The van der Waals surface area contributed by atoms with Crippen LogP contribution in [0.15, 0.2) is 71.9 Å². The average Bonchev–Trinajstić information content (AvgIpc) is 3.27. The molecule has 3 aromatic rings. The summed E-state index contributed by atoms with van der Waals surface area (Å²) in [4.78, 5) is 12.4. The van der Waals surface area contributed by atoms with Gasteiger partial charge in [-0.2, -0.15) is 9.40 Å². The first-order chi connectivity index (χ1) is 13.5. The van der Waals surface area contributed by atoms with Crippen LogP contribution in [0.2, 0.25) is 0 Å². The molecule has 144 valence electrons. The SMILES string of the molecule is O=C(NO)C1c2ccccc2CCN1S(=O)(=O)c1ccc(-n2cccn2)cc1. The smallest absolute Gasteiger partial charge is 0.266 e. The Kier molecular flexibility index (Phi) is 4.71. The van der Waals surface area contributed by atoms with E-state index in [4.69, 9.17) is 0 Å². The zero-order valence-corrected chi connectivity index (χ0v) is 15.6. The van der Waals surface area contributed by atoms with E-state index in [-0.39, 0.29) is 11.4 Å². The molecule has 28 heavy (non-hydrogen) atoms. The number of benzene rings is 2. The van der Waals surface area contributed by atoms with Crippen LogP contribution >= 0.6 is 0 Å². The Morgan fingerprint density at radius 1 is 1.11 bits per heavy atom. The Morgan fingerprint density at radius 3 is 2.54 bits per heavy atom. The van der Waals surface area contributed by atoms with Gasteiger partial charge >= 0.3 is 0 Å². The number of carbonyl (C=O) groups excluding carboxylic acids is 1. The van der Waals surface area contributed by atoms with E-state index in [9.17, 15) is 18.4 Å². The van der Waals surface area contributed by atoms with Crippen LogP contribution in [0.5, 0.6) is 0 Å². The molecular weight excluding hydrogens is 380 g/mol. The molecule has 0 bridgehead atoms. The van der Waals surface area contributed by atoms with Crippen molar-refractivity contribution in [1.82, 2.24) is 19.6 Å². The maximum absolute atomic E-state index is 13.3. The second-order valence-corrected chi connectivity index (χ2v) is 8.28. The summed E-state index contributed by atoms with van der Waals surface area (Å²) in [6.07, 6.45) is 3.87. The third-order valence-corrected chi connectivity index (χ3v) is 6.69. The summed E-state index contributed by atoms with van der Waals surface area (Å²) in [7, 11) is -3.96. The van der Waals surface area contributed by atoms with Crippen molar-refractivity contribution < 1.29 is 18.4 Å². The fraction of sp³-hybridized carbons (Fsp3) is 0.158. The second-order valence-electron chi connectivity index (χ2n) is 6.39. The zero-order chi connectivity index (χ0) is 19.7. The molecule has 1 aliphatic heterocycles. The van der Waals surface area contributed by atoms with Crippen LogP contribution < -0.4 is 5.48 Å². The fourth-order valence-corrected chi connectivity index (χ4v) is 5.03. The highest BCUT2D eigenvalue weighted by Gasteiger charge is 2.40. The molecule has 9 heteroatoms. The zero-order valence-electron chi connectivity index (χ0n) is 14.8. The standard InChI is InChI=1S/C19H18N4O4S/c24-19(21-25)18-17-5-2-1-4-14(17)10-13-23(18)28(26,27)16-8-6-15(7-9-16)22-12-3-11-20-22/h1-9,11-12,18,25H,10,13H2,(H,21,24). The van der Waals surface area contributed by atoms with E-state index in [1.165, 1.54) is 12.1 Å². The number of amides is 1. The molecule has 1 unspecified atom stereocenters. The van der Waals surface area contributed by atoms with Gasteiger partial charge in [-0.05, 0) is 47.9 Å². The molecule has 8 nitrogen and oxygen atoms in total. The molecule has 1 aromatic heterocycles. The molecular formula is C19H18N4O4S. The van der Waals surface area contributed by atoms with Gasteiger partial charge < -0.3 is 0 Å². The van der Waals surface area contributed by atoms with Crippen LogP contribution in [0, 0.1) is 0 Å². The molecule has 1 atom stereocenters. The van der Waals surface area contributed by atoms with Crippen molar-refractivity contribution in [2.45, 2.75) is 17.4 Å². The topological polar surface area (TPSA) is 105 Å². The van der Waals surface area contributed by atoms with Crippen molar-refractivity contribution in [3.05, 3.63) is 78.1 Å². The van der Waals surface area contributed by atoms with Gasteiger partial charge in [-0.15, -0.1) is 0 Å². The largest absolute Gasteiger partial charge is 0.289 e. The molecule has 0 fully saturated rings. The lowest BCUT2D eigenvalue weighted by atomic mass is 9.94. The van der Waals surface area contributed by atoms with Gasteiger partial charge in [0, 0.05) is 18.9 Å². The van der Waals surface area contributed by atoms with Crippen LogP contribution in [0.25, 0.3) is 5.69 Å². The molecule has 1 aliphatic rings. The number of carbonyl (C=O) groups is 1. The van der Waals surface area contributed by atoms with E-state index in [2.05, 4.69) is 5.10 Å². The van der Waals surface area contributed by atoms with Gasteiger partial charge in [-0.1, -0.05) is 24.3 Å². The normalized spacial score (nSPS) is 17.1. The van der Waals surface area contributed by atoms with Crippen molar-refractivity contribution in [2.24, 2.45) is 0 Å². The molecule has 0 aliphatic carbocycles. The van der Waals surface area contributed by atoms with Crippen LogP contribution in [0.3, 0.4) is 0 Å². The number of nitrogens with zero attached hydrogens (tertiary/aromatic N) is 3. The molecule has 2 heterocycles. The molecule has 2 aromatic carbocycles. The van der Waals surface area contributed by atoms with E-state index in [0.717, 1.165) is 15.6 Å². The van der Waals surface area contributed by atoms with Crippen molar-refractivity contribution in [1.29, 1.82) is 0 Å². The number of nitrogens with one attached hydrogen (secondary N) is 1. The quantitative estimate of drug-likeness (QED) is 0.514. The average molecular weight is 398 g/mol. The van der Waals surface area contributed by atoms with Gasteiger partial charge in [-0.25, -0.2) is 18.6 Å². The van der Waals surface area contributed by atoms with Crippen LogP contribution in [-0.4, -0.2) is 40.2 Å². The van der Waals surface area contributed by atoms with E-state index in [1.807, 2.05) is 12.1 Å². The number of hydrogen-bond acceptors (Lipinski definition) is 5. The summed E-state index contributed by atoms with van der Waals surface area (Å²) in [5, 5.41) is 13.3. The van der Waals surface area contributed by atoms with Gasteiger partial charge in [0.15, 0.2) is 0 Å². The minimum absolute atomic E-state index is 0.0681. The summed E-state index contributed by atoms with van der Waals surface area (Å²) in [6, 6.07) is 14.1. The van der Waals surface area contributed by atoms with Crippen LogP contribution in [0.1, 0.15) is 17.2 Å². The summed E-state index contributed by atoms with van der Waals surface area (Å²) in [6.45, 7) is 0.137. The van der Waals surface area contributed by atoms with Crippen molar-refractivity contribution in [2.75, 3.05) is 6.54 Å². The summed E-state index contributed by atoms with van der Waals surface area (Å²) in [5.74, 6) is -0.788. The fourth-order valence-electron chi connectivity index (χ4n) is 3.46. The van der Waals surface area contributed by atoms with Crippen LogP contribution in [0.4, 0.5) is 0 Å². The Labute approximate surface area is 162 Å². The van der Waals surface area contributed by atoms with E-state index in [0.29, 0.717) is 12.0 Å². The second kappa shape index (κ2) is 7.19. The molecule has 0 saturated heterocycles. The lowest BCUT2D eigenvalue weighted by Crippen LogP contribution is -2.46. The van der Waals surface area contributed by atoms with Gasteiger partial charge in [0.05, 0.1) is 10.6 Å². The van der Waals surface area contributed by atoms with Crippen molar-refractivity contribution >= 4 is 15.9 Å². The maximum Gasteiger partial charge on any atom is 0.266 e. The Balaban J connectivity index is 1.73. The minimum atomic E-state index is -3.96. The first-order valence-electron chi connectivity index (χ1n) is 8.66. The van der Waals surface area contributed by atoms with E-state index in [1.54, 1.807) is 52.9 Å². The molecule has 1 amide bonds. The Morgan fingerprint density at radius 2 is 1.86 bits per heavy atom.